The Morgan fingerprint density at radius 3 is 2.94 bits per heavy atom. The Bertz CT molecular complexity index is 1360. The van der Waals surface area contributed by atoms with Crippen LogP contribution in [0.25, 0.3) is 16.8 Å². The molecule has 1 saturated carbocycles. The molecule has 35 heavy (non-hydrogen) atoms. The summed E-state index contributed by atoms with van der Waals surface area (Å²) in [5.74, 6) is 1.45. The van der Waals surface area contributed by atoms with E-state index in [1.54, 1.807) is 16.9 Å². The predicted molar refractivity (Wildman–Crippen MR) is 132 cm³/mol. The third-order valence-electron chi connectivity index (χ3n) is 7.19. The summed E-state index contributed by atoms with van der Waals surface area (Å²) in [6.07, 6.45) is 7.44. The number of amides is 1. The number of carbonyl (C=O) groups is 1. The molecule has 0 aromatic carbocycles. The summed E-state index contributed by atoms with van der Waals surface area (Å²) in [6, 6.07) is 12.2. The van der Waals surface area contributed by atoms with E-state index in [9.17, 15) is 4.79 Å². The minimum Gasteiger partial charge on any atom is -0.488 e. The van der Waals surface area contributed by atoms with Crippen LogP contribution in [0.4, 0.5) is 5.82 Å². The zero-order valence-electron chi connectivity index (χ0n) is 20.0. The van der Waals surface area contributed by atoms with Crippen molar-refractivity contribution >= 4 is 17.2 Å². The lowest BCUT2D eigenvalue weighted by Crippen LogP contribution is -2.50. The number of aryl methyl sites for hydroxylation is 1. The minimum absolute atomic E-state index is 0.0104. The zero-order valence-corrected chi connectivity index (χ0v) is 20.0. The van der Waals surface area contributed by atoms with Crippen molar-refractivity contribution in [3.05, 3.63) is 60.7 Å². The van der Waals surface area contributed by atoms with Gasteiger partial charge in [-0.05, 0) is 43.7 Å². The van der Waals surface area contributed by atoms with Gasteiger partial charge in [0, 0.05) is 61.2 Å². The molecule has 0 radical (unpaired) electrons. The SMILES string of the molecule is CCN1CC[C@@H]1COc1cnn(C)c1-c1ccn2nc(NC(=O)[C@H]3C[C@@H]3c3ccccn3)cc2c1. The van der Waals surface area contributed by atoms with E-state index in [1.807, 2.05) is 54.3 Å². The first-order chi connectivity index (χ1) is 17.1. The number of hydrogen-bond acceptors (Lipinski definition) is 6. The number of rotatable bonds is 8. The lowest BCUT2D eigenvalue weighted by molar-refractivity contribution is -0.117. The summed E-state index contributed by atoms with van der Waals surface area (Å²) >= 11 is 0. The van der Waals surface area contributed by atoms with Gasteiger partial charge < -0.3 is 10.1 Å². The van der Waals surface area contributed by atoms with Crippen LogP contribution in [0.2, 0.25) is 0 Å². The van der Waals surface area contributed by atoms with Gasteiger partial charge in [-0.3, -0.25) is 19.4 Å². The monoisotopic (exact) mass is 471 g/mol. The lowest BCUT2D eigenvalue weighted by atomic mass is 10.0. The van der Waals surface area contributed by atoms with E-state index < -0.39 is 0 Å². The maximum atomic E-state index is 12.8. The van der Waals surface area contributed by atoms with E-state index in [-0.39, 0.29) is 17.7 Å². The molecule has 180 valence electrons. The molecular formula is C26H29N7O2. The van der Waals surface area contributed by atoms with Gasteiger partial charge in [-0.15, -0.1) is 0 Å². The van der Waals surface area contributed by atoms with Crippen molar-refractivity contribution in [3.8, 4) is 17.0 Å². The van der Waals surface area contributed by atoms with Crippen LogP contribution in [0.3, 0.4) is 0 Å². The van der Waals surface area contributed by atoms with Gasteiger partial charge in [0.15, 0.2) is 11.6 Å². The molecule has 0 spiro atoms. The molecule has 2 fully saturated rings. The summed E-state index contributed by atoms with van der Waals surface area (Å²) in [7, 11) is 1.92. The molecule has 1 aliphatic carbocycles. The molecule has 3 atom stereocenters. The Hall–Kier alpha value is -3.72. The highest BCUT2D eigenvalue weighted by molar-refractivity contribution is 5.95. The van der Waals surface area contributed by atoms with E-state index in [1.165, 1.54) is 6.42 Å². The molecule has 1 N–H and O–H groups in total. The van der Waals surface area contributed by atoms with Gasteiger partial charge in [-0.25, -0.2) is 4.52 Å². The number of likely N-dealkylation sites (tertiary alicyclic amines) is 1. The maximum absolute atomic E-state index is 12.8. The summed E-state index contributed by atoms with van der Waals surface area (Å²) in [5.41, 5.74) is 3.78. The van der Waals surface area contributed by atoms with Crippen molar-refractivity contribution in [1.29, 1.82) is 0 Å². The van der Waals surface area contributed by atoms with Crippen LogP contribution in [0, 0.1) is 5.92 Å². The second-order valence-corrected chi connectivity index (χ2v) is 9.37. The second kappa shape index (κ2) is 8.81. The van der Waals surface area contributed by atoms with Gasteiger partial charge in [0.05, 0.1) is 11.7 Å². The van der Waals surface area contributed by atoms with Crippen molar-refractivity contribution in [2.24, 2.45) is 13.0 Å². The number of hydrogen-bond donors (Lipinski definition) is 1. The highest BCUT2D eigenvalue weighted by atomic mass is 16.5. The Labute approximate surface area is 203 Å². The average Bonchev–Trinajstić information content (AvgIpc) is 3.43. The molecule has 0 bridgehead atoms. The molecule has 1 amide bonds. The maximum Gasteiger partial charge on any atom is 0.229 e. The van der Waals surface area contributed by atoms with Gasteiger partial charge in [0.1, 0.15) is 12.3 Å². The molecule has 6 rings (SSSR count). The van der Waals surface area contributed by atoms with Crippen LogP contribution >= 0.6 is 0 Å². The Morgan fingerprint density at radius 1 is 1.26 bits per heavy atom. The first-order valence-corrected chi connectivity index (χ1v) is 12.2. The molecule has 4 aromatic heterocycles. The van der Waals surface area contributed by atoms with Crippen LogP contribution in [0.15, 0.2) is 55.0 Å². The number of pyridine rings is 2. The molecule has 9 nitrogen and oxygen atoms in total. The number of nitrogens with zero attached hydrogens (tertiary/aromatic N) is 6. The van der Waals surface area contributed by atoms with Crippen LogP contribution in [-0.2, 0) is 11.8 Å². The largest absolute Gasteiger partial charge is 0.488 e. The molecule has 1 saturated heterocycles. The van der Waals surface area contributed by atoms with Gasteiger partial charge in [0.25, 0.3) is 0 Å². The normalized spacial score (nSPS) is 21.6. The van der Waals surface area contributed by atoms with Gasteiger partial charge in [0.2, 0.25) is 5.91 Å². The van der Waals surface area contributed by atoms with Crippen molar-refractivity contribution in [3.63, 3.8) is 0 Å². The molecule has 5 heterocycles. The third kappa shape index (κ3) is 4.16. The first-order valence-electron chi connectivity index (χ1n) is 12.2. The fourth-order valence-electron chi connectivity index (χ4n) is 4.97. The Kier molecular flexibility index (Phi) is 5.49. The zero-order chi connectivity index (χ0) is 23.9. The summed E-state index contributed by atoms with van der Waals surface area (Å²) in [6.45, 7) is 5.04. The number of ether oxygens (including phenoxy) is 1. The standard InChI is InChI=1S/C26H29N7O2/c1-3-32-10-8-18(32)16-35-23-15-28-31(2)25(23)17-7-11-33-19(12-17)13-24(30-33)29-26(34)21-14-20(21)22-6-4-5-9-27-22/h4-7,9,11-13,15,18,20-21H,3,8,10,14,16H2,1-2H3,(H,29,30,34)/t18-,20+,21+/m1/s1. The average molecular weight is 472 g/mol. The fourth-order valence-corrected chi connectivity index (χ4v) is 4.97. The van der Waals surface area contributed by atoms with Crippen LogP contribution in [-0.4, -0.2) is 60.9 Å². The Balaban J connectivity index is 1.16. The molecule has 1 aliphatic heterocycles. The lowest BCUT2D eigenvalue weighted by Gasteiger charge is -2.39. The fraction of sp³-hybridized carbons (Fsp3) is 0.385. The highest BCUT2D eigenvalue weighted by Crippen LogP contribution is 2.47. The summed E-state index contributed by atoms with van der Waals surface area (Å²) < 4.78 is 9.80. The van der Waals surface area contributed by atoms with Crippen LogP contribution in [0.1, 0.15) is 31.4 Å². The molecule has 4 aromatic rings. The van der Waals surface area contributed by atoms with Crippen molar-refractivity contribution < 1.29 is 9.53 Å². The van der Waals surface area contributed by atoms with Crippen molar-refractivity contribution in [1.82, 2.24) is 29.3 Å². The summed E-state index contributed by atoms with van der Waals surface area (Å²) in [4.78, 5) is 19.6. The van der Waals surface area contributed by atoms with Crippen molar-refractivity contribution in [2.75, 3.05) is 25.0 Å². The highest BCUT2D eigenvalue weighted by Gasteiger charge is 2.45. The minimum atomic E-state index is -0.0567. The number of nitrogens with one attached hydrogen (secondary N) is 1. The van der Waals surface area contributed by atoms with Crippen LogP contribution < -0.4 is 10.1 Å². The molecule has 9 heteroatoms. The predicted octanol–water partition coefficient (Wildman–Crippen LogP) is 3.35. The van der Waals surface area contributed by atoms with E-state index in [0.717, 1.165) is 47.7 Å². The van der Waals surface area contributed by atoms with Gasteiger partial charge in [-0.1, -0.05) is 13.0 Å². The molecular weight excluding hydrogens is 442 g/mol. The summed E-state index contributed by atoms with van der Waals surface area (Å²) in [5, 5.41) is 11.9. The Morgan fingerprint density at radius 2 is 2.17 bits per heavy atom. The van der Waals surface area contributed by atoms with E-state index >= 15 is 0 Å². The number of aromatic nitrogens is 5. The van der Waals surface area contributed by atoms with E-state index in [4.69, 9.17) is 4.74 Å². The van der Waals surface area contributed by atoms with Crippen molar-refractivity contribution in [2.45, 2.75) is 31.7 Å². The third-order valence-corrected chi connectivity index (χ3v) is 7.19. The van der Waals surface area contributed by atoms with Gasteiger partial charge in [-0.2, -0.15) is 10.2 Å². The number of fused-ring (bicyclic) bond motifs is 1. The van der Waals surface area contributed by atoms with Crippen LogP contribution in [0.5, 0.6) is 5.75 Å². The number of likely N-dealkylation sites (N-methyl/N-ethyl adjacent to an activating group) is 1. The van der Waals surface area contributed by atoms with E-state index in [0.29, 0.717) is 18.5 Å². The topological polar surface area (TPSA) is 89.6 Å². The number of anilines is 1. The van der Waals surface area contributed by atoms with E-state index in [2.05, 4.69) is 32.3 Å². The first kappa shape index (κ1) is 21.8. The molecule has 0 unspecified atom stereocenters. The smallest absolute Gasteiger partial charge is 0.229 e. The van der Waals surface area contributed by atoms with Gasteiger partial charge >= 0.3 is 0 Å². The second-order valence-electron chi connectivity index (χ2n) is 9.37. The quantitative estimate of drug-likeness (QED) is 0.424. The number of carbonyl (C=O) groups excluding carboxylic acids is 1. The molecule has 2 aliphatic rings.